The fourth-order valence-electron chi connectivity index (χ4n) is 2.49. The normalized spacial score (nSPS) is 16.6. The first-order chi connectivity index (χ1) is 10.9. The molecule has 23 heavy (non-hydrogen) atoms. The number of hydrogen-bond donors (Lipinski definition) is 1. The summed E-state index contributed by atoms with van der Waals surface area (Å²) >= 11 is 0. The fraction of sp³-hybridized carbons (Fsp3) is 0.333. The number of carbonyl (C=O) groups is 1. The predicted molar refractivity (Wildman–Crippen MR) is 82.7 cm³/mol. The molecule has 1 N–H and O–H groups in total. The van der Waals surface area contributed by atoms with Gasteiger partial charge in [0.2, 0.25) is 5.91 Å². The van der Waals surface area contributed by atoms with Crippen molar-refractivity contribution >= 4 is 11.6 Å². The summed E-state index contributed by atoms with van der Waals surface area (Å²) < 4.78 is 6.69. The molecule has 3 rings (SSSR count). The molecule has 1 aromatic heterocycles. The van der Waals surface area contributed by atoms with Gasteiger partial charge in [0, 0.05) is 0 Å². The van der Waals surface area contributed by atoms with Crippen molar-refractivity contribution in [2.75, 3.05) is 11.4 Å². The SMILES string of the molecule is Cc1ccc2c(c1)OC(C)CN2C(=O)Cn1ncc(=O)[nH]c1=O. The predicted octanol–water partition coefficient (Wildman–Crippen LogP) is 0.0541. The van der Waals surface area contributed by atoms with Crippen LogP contribution >= 0.6 is 0 Å². The van der Waals surface area contributed by atoms with E-state index in [4.69, 9.17) is 4.74 Å². The van der Waals surface area contributed by atoms with Gasteiger partial charge in [0.25, 0.3) is 5.56 Å². The Morgan fingerprint density at radius 3 is 2.96 bits per heavy atom. The Balaban J connectivity index is 1.91. The van der Waals surface area contributed by atoms with E-state index in [1.165, 1.54) is 0 Å². The standard InChI is InChI=1S/C15H16N4O4/c1-9-3-4-11-12(5-9)23-10(2)7-18(11)14(21)8-19-15(22)17-13(20)6-16-19/h3-6,10H,7-8H2,1-2H3,(H,17,20,22). The van der Waals surface area contributed by atoms with Crippen molar-refractivity contribution in [3.05, 3.63) is 50.8 Å². The number of anilines is 1. The van der Waals surface area contributed by atoms with Crippen molar-refractivity contribution in [2.45, 2.75) is 26.5 Å². The van der Waals surface area contributed by atoms with Crippen molar-refractivity contribution in [1.29, 1.82) is 0 Å². The first-order valence-electron chi connectivity index (χ1n) is 7.18. The summed E-state index contributed by atoms with van der Waals surface area (Å²) in [6.45, 7) is 3.94. The molecule has 1 aromatic carbocycles. The molecule has 2 aromatic rings. The van der Waals surface area contributed by atoms with Crippen LogP contribution in [0.1, 0.15) is 12.5 Å². The van der Waals surface area contributed by atoms with E-state index < -0.39 is 11.2 Å². The van der Waals surface area contributed by atoms with E-state index in [2.05, 4.69) is 10.1 Å². The number of fused-ring (bicyclic) bond motifs is 1. The summed E-state index contributed by atoms with van der Waals surface area (Å²) in [5.74, 6) is 0.339. The lowest BCUT2D eigenvalue weighted by Gasteiger charge is -2.33. The number of rotatable bonds is 2. The quantitative estimate of drug-likeness (QED) is 0.844. The molecule has 0 saturated heterocycles. The van der Waals surface area contributed by atoms with Crippen molar-refractivity contribution in [1.82, 2.24) is 14.8 Å². The number of carbonyl (C=O) groups excluding carboxylic acids is 1. The van der Waals surface area contributed by atoms with Crippen LogP contribution < -0.4 is 20.9 Å². The Bertz CT molecular complexity index is 870. The maximum Gasteiger partial charge on any atom is 0.345 e. The summed E-state index contributed by atoms with van der Waals surface area (Å²) in [6, 6.07) is 5.58. The first kappa shape index (κ1) is 15.0. The van der Waals surface area contributed by atoms with E-state index in [0.717, 1.165) is 16.4 Å². The van der Waals surface area contributed by atoms with Gasteiger partial charge in [0.15, 0.2) is 0 Å². The molecule has 8 heteroatoms. The summed E-state index contributed by atoms with van der Waals surface area (Å²) in [4.78, 5) is 38.9. The number of H-pyrrole nitrogens is 1. The topological polar surface area (TPSA) is 97.3 Å². The molecule has 8 nitrogen and oxygen atoms in total. The van der Waals surface area contributed by atoms with Gasteiger partial charge >= 0.3 is 5.69 Å². The van der Waals surface area contributed by atoms with Crippen LogP contribution in [0.15, 0.2) is 34.0 Å². The lowest BCUT2D eigenvalue weighted by Crippen LogP contribution is -2.45. The van der Waals surface area contributed by atoms with Gasteiger partial charge in [-0.1, -0.05) is 6.07 Å². The molecule has 0 aliphatic carbocycles. The van der Waals surface area contributed by atoms with E-state index in [1.54, 1.807) is 4.90 Å². The fourth-order valence-corrected chi connectivity index (χ4v) is 2.49. The number of nitrogens with one attached hydrogen (secondary N) is 1. The summed E-state index contributed by atoms with van der Waals surface area (Å²) in [5.41, 5.74) is 0.385. The van der Waals surface area contributed by atoms with Gasteiger partial charge < -0.3 is 9.64 Å². The Morgan fingerprint density at radius 2 is 2.22 bits per heavy atom. The number of aryl methyl sites for hydroxylation is 1. The molecule has 1 unspecified atom stereocenters. The van der Waals surface area contributed by atoms with Crippen molar-refractivity contribution in [3.8, 4) is 5.75 Å². The van der Waals surface area contributed by atoms with Crippen LogP contribution in [0.25, 0.3) is 0 Å². The van der Waals surface area contributed by atoms with Gasteiger partial charge in [-0.3, -0.25) is 14.6 Å². The number of aromatic nitrogens is 3. The average Bonchev–Trinajstić information content (AvgIpc) is 2.48. The lowest BCUT2D eigenvalue weighted by molar-refractivity contribution is -0.119. The van der Waals surface area contributed by atoms with Crippen LogP contribution in [0, 0.1) is 6.92 Å². The van der Waals surface area contributed by atoms with Crippen molar-refractivity contribution < 1.29 is 9.53 Å². The van der Waals surface area contributed by atoms with Crippen LogP contribution in [-0.4, -0.2) is 33.3 Å². The molecular weight excluding hydrogens is 300 g/mol. The minimum Gasteiger partial charge on any atom is -0.487 e. The third kappa shape index (κ3) is 3.01. The second-order valence-electron chi connectivity index (χ2n) is 5.50. The molecule has 0 radical (unpaired) electrons. The highest BCUT2D eigenvalue weighted by Crippen LogP contribution is 2.34. The molecule has 2 heterocycles. The monoisotopic (exact) mass is 316 g/mol. The van der Waals surface area contributed by atoms with Gasteiger partial charge in [-0.25, -0.2) is 9.48 Å². The van der Waals surface area contributed by atoms with E-state index in [1.807, 2.05) is 32.0 Å². The summed E-state index contributed by atoms with van der Waals surface area (Å²) in [6.07, 6.45) is 0.807. The largest absolute Gasteiger partial charge is 0.487 e. The average molecular weight is 316 g/mol. The smallest absolute Gasteiger partial charge is 0.345 e. The van der Waals surface area contributed by atoms with Gasteiger partial charge in [0.05, 0.1) is 12.2 Å². The van der Waals surface area contributed by atoms with Crippen LogP contribution in [0.5, 0.6) is 5.75 Å². The van der Waals surface area contributed by atoms with Crippen LogP contribution in [0.3, 0.4) is 0 Å². The summed E-state index contributed by atoms with van der Waals surface area (Å²) in [7, 11) is 0. The Morgan fingerprint density at radius 1 is 1.43 bits per heavy atom. The molecular formula is C15H16N4O4. The maximum absolute atomic E-state index is 12.6. The van der Waals surface area contributed by atoms with E-state index in [0.29, 0.717) is 18.0 Å². The zero-order valence-corrected chi connectivity index (χ0v) is 12.8. The Kier molecular flexibility index (Phi) is 3.73. The van der Waals surface area contributed by atoms with Gasteiger partial charge in [0.1, 0.15) is 24.6 Å². The number of aromatic amines is 1. The van der Waals surface area contributed by atoms with E-state index in [-0.39, 0.29) is 18.6 Å². The molecule has 1 atom stereocenters. The molecule has 0 saturated carbocycles. The molecule has 0 fully saturated rings. The summed E-state index contributed by atoms with van der Waals surface area (Å²) in [5, 5.41) is 3.68. The van der Waals surface area contributed by atoms with Gasteiger partial charge in [-0.15, -0.1) is 0 Å². The molecule has 1 aliphatic rings. The highest BCUT2D eigenvalue weighted by Gasteiger charge is 2.28. The van der Waals surface area contributed by atoms with Gasteiger partial charge in [-0.2, -0.15) is 5.10 Å². The number of nitrogens with zero attached hydrogens (tertiary/aromatic N) is 3. The first-order valence-corrected chi connectivity index (χ1v) is 7.18. The number of benzene rings is 1. The maximum atomic E-state index is 12.6. The highest BCUT2D eigenvalue weighted by molar-refractivity contribution is 5.95. The highest BCUT2D eigenvalue weighted by atomic mass is 16.5. The van der Waals surface area contributed by atoms with Crippen molar-refractivity contribution in [3.63, 3.8) is 0 Å². The third-order valence-electron chi connectivity index (χ3n) is 3.54. The van der Waals surface area contributed by atoms with E-state index >= 15 is 0 Å². The third-order valence-corrected chi connectivity index (χ3v) is 3.54. The number of amides is 1. The molecule has 1 amide bonds. The Labute approximate surface area is 131 Å². The minimum atomic E-state index is -0.712. The Hall–Kier alpha value is -2.90. The lowest BCUT2D eigenvalue weighted by atomic mass is 10.1. The molecule has 0 spiro atoms. The van der Waals surface area contributed by atoms with Crippen LogP contribution in [0.4, 0.5) is 5.69 Å². The zero-order valence-electron chi connectivity index (χ0n) is 12.8. The second kappa shape index (κ2) is 5.71. The van der Waals surface area contributed by atoms with E-state index in [9.17, 15) is 14.4 Å². The van der Waals surface area contributed by atoms with Crippen molar-refractivity contribution in [2.24, 2.45) is 0 Å². The molecule has 1 aliphatic heterocycles. The van der Waals surface area contributed by atoms with Gasteiger partial charge in [-0.05, 0) is 31.5 Å². The number of hydrogen-bond acceptors (Lipinski definition) is 5. The second-order valence-corrected chi connectivity index (χ2v) is 5.50. The molecule has 0 bridgehead atoms. The van der Waals surface area contributed by atoms with Crippen LogP contribution in [0.2, 0.25) is 0 Å². The minimum absolute atomic E-state index is 0.159. The van der Waals surface area contributed by atoms with Crippen LogP contribution in [-0.2, 0) is 11.3 Å². The number of ether oxygens (including phenoxy) is 1. The molecule has 120 valence electrons. The zero-order chi connectivity index (χ0) is 16.6.